The average molecular weight is 321 g/mol. The molecule has 1 N–H and O–H groups in total. The quantitative estimate of drug-likeness (QED) is 0.940. The van der Waals surface area contributed by atoms with Crippen molar-refractivity contribution in [3.63, 3.8) is 0 Å². The number of carbonyl (C=O) groups excluding carboxylic acids is 2. The minimum atomic E-state index is -0.290. The van der Waals surface area contributed by atoms with E-state index in [4.69, 9.17) is 5.26 Å². The number of nitrogens with one attached hydrogen (secondary N) is 1. The summed E-state index contributed by atoms with van der Waals surface area (Å²) in [7, 11) is 0. The summed E-state index contributed by atoms with van der Waals surface area (Å²) in [5.41, 5.74) is 3.69. The lowest BCUT2D eigenvalue weighted by atomic mass is 10.1. The van der Waals surface area contributed by atoms with Crippen LogP contribution in [0.1, 0.15) is 23.6 Å². The van der Waals surface area contributed by atoms with E-state index in [0.29, 0.717) is 11.3 Å². The number of nitrogens with zero attached hydrogens (tertiary/aromatic N) is 2. The Morgan fingerprint density at radius 2 is 1.92 bits per heavy atom. The molecule has 0 fully saturated rings. The summed E-state index contributed by atoms with van der Waals surface area (Å²) in [6, 6.07) is 14.5. The van der Waals surface area contributed by atoms with Gasteiger partial charge in [0.15, 0.2) is 0 Å². The molecule has 0 saturated carbocycles. The zero-order valence-corrected chi connectivity index (χ0v) is 14.0. The molecule has 0 aliphatic rings. The van der Waals surface area contributed by atoms with Crippen molar-refractivity contribution in [3.8, 4) is 6.07 Å². The van der Waals surface area contributed by atoms with Crippen molar-refractivity contribution in [3.05, 3.63) is 59.2 Å². The molecule has 0 bridgehead atoms. The Kier molecular flexibility index (Phi) is 5.33. The summed E-state index contributed by atoms with van der Waals surface area (Å²) >= 11 is 0. The van der Waals surface area contributed by atoms with Crippen LogP contribution in [0.4, 0.5) is 11.4 Å². The van der Waals surface area contributed by atoms with Gasteiger partial charge in [-0.15, -0.1) is 0 Å². The smallest absolute Gasteiger partial charge is 0.244 e. The van der Waals surface area contributed by atoms with Crippen molar-refractivity contribution < 1.29 is 9.59 Å². The Bertz CT molecular complexity index is 822. The molecule has 0 aliphatic heterocycles. The van der Waals surface area contributed by atoms with Crippen LogP contribution in [0.3, 0.4) is 0 Å². The van der Waals surface area contributed by atoms with Gasteiger partial charge in [-0.2, -0.15) is 5.26 Å². The Morgan fingerprint density at radius 1 is 1.17 bits per heavy atom. The van der Waals surface area contributed by atoms with Crippen molar-refractivity contribution in [1.29, 1.82) is 5.26 Å². The number of carbonyl (C=O) groups is 2. The van der Waals surface area contributed by atoms with E-state index in [2.05, 4.69) is 5.32 Å². The van der Waals surface area contributed by atoms with Gasteiger partial charge in [0.2, 0.25) is 11.8 Å². The highest BCUT2D eigenvalue weighted by molar-refractivity contribution is 6.02. The zero-order chi connectivity index (χ0) is 17.7. The molecule has 2 amide bonds. The van der Waals surface area contributed by atoms with Crippen molar-refractivity contribution in [2.75, 3.05) is 16.8 Å². The molecule has 2 aromatic carbocycles. The third kappa shape index (κ3) is 4.20. The molecule has 0 saturated heterocycles. The number of hydrogen-bond donors (Lipinski definition) is 1. The molecule has 0 heterocycles. The Labute approximate surface area is 141 Å². The first-order chi connectivity index (χ1) is 11.4. The molecule has 2 rings (SSSR count). The fourth-order valence-corrected chi connectivity index (χ4v) is 2.33. The molecule has 122 valence electrons. The number of aryl methyl sites for hydroxylation is 2. The molecule has 0 unspecified atom stereocenters. The number of hydrogen-bond acceptors (Lipinski definition) is 3. The largest absolute Gasteiger partial charge is 0.324 e. The van der Waals surface area contributed by atoms with E-state index in [9.17, 15) is 9.59 Å². The highest BCUT2D eigenvalue weighted by atomic mass is 16.2. The summed E-state index contributed by atoms with van der Waals surface area (Å²) < 4.78 is 0. The standard InChI is InChI=1S/C19H19N3O2/c1-13-7-8-14(2)18(9-13)21-19(24)12-22(15(3)23)17-6-4-5-16(10-17)11-20/h4-10H,12H2,1-3H3,(H,21,24). The highest BCUT2D eigenvalue weighted by Crippen LogP contribution is 2.18. The fraction of sp³-hybridized carbons (Fsp3) is 0.211. The van der Waals surface area contributed by atoms with Crippen LogP contribution >= 0.6 is 0 Å². The van der Waals surface area contributed by atoms with Gasteiger partial charge in [-0.05, 0) is 49.2 Å². The van der Waals surface area contributed by atoms with E-state index < -0.39 is 0 Å². The van der Waals surface area contributed by atoms with Crippen LogP contribution in [0.5, 0.6) is 0 Å². The van der Waals surface area contributed by atoms with Gasteiger partial charge in [0.25, 0.3) is 0 Å². The maximum Gasteiger partial charge on any atom is 0.244 e. The molecule has 5 heteroatoms. The van der Waals surface area contributed by atoms with Crippen molar-refractivity contribution in [2.45, 2.75) is 20.8 Å². The molecule has 24 heavy (non-hydrogen) atoms. The van der Waals surface area contributed by atoms with E-state index in [0.717, 1.165) is 16.8 Å². The van der Waals surface area contributed by atoms with Crippen molar-refractivity contribution in [2.24, 2.45) is 0 Å². The monoisotopic (exact) mass is 321 g/mol. The van der Waals surface area contributed by atoms with Gasteiger partial charge in [-0.1, -0.05) is 18.2 Å². The Balaban J connectivity index is 2.18. The summed E-state index contributed by atoms with van der Waals surface area (Å²) in [5, 5.41) is 11.8. The van der Waals surface area contributed by atoms with Gasteiger partial charge in [0, 0.05) is 18.3 Å². The molecular weight excluding hydrogens is 302 g/mol. The van der Waals surface area contributed by atoms with Crippen molar-refractivity contribution in [1.82, 2.24) is 0 Å². The first-order valence-electron chi connectivity index (χ1n) is 7.56. The summed E-state index contributed by atoms with van der Waals surface area (Å²) in [4.78, 5) is 25.6. The second-order valence-corrected chi connectivity index (χ2v) is 5.63. The Morgan fingerprint density at radius 3 is 2.58 bits per heavy atom. The van der Waals surface area contributed by atoms with Crippen LogP contribution < -0.4 is 10.2 Å². The van der Waals surface area contributed by atoms with E-state index in [1.54, 1.807) is 24.3 Å². The molecule has 2 aromatic rings. The minimum Gasteiger partial charge on any atom is -0.324 e. The molecule has 0 aliphatic carbocycles. The van der Waals surface area contributed by atoms with Gasteiger partial charge >= 0.3 is 0 Å². The fourth-order valence-electron chi connectivity index (χ4n) is 2.33. The normalized spacial score (nSPS) is 9.92. The summed E-state index contributed by atoms with van der Waals surface area (Å²) in [5.74, 6) is -0.553. The number of amides is 2. The van der Waals surface area contributed by atoms with Crippen LogP contribution in [-0.2, 0) is 9.59 Å². The summed E-state index contributed by atoms with van der Waals surface area (Å²) in [6.07, 6.45) is 0. The molecule has 5 nitrogen and oxygen atoms in total. The predicted octanol–water partition coefficient (Wildman–Crippen LogP) is 3.17. The lowest BCUT2D eigenvalue weighted by molar-refractivity contribution is -0.120. The van der Waals surface area contributed by atoms with Crippen LogP contribution in [-0.4, -0.2) is 18.4 Å². The third-order valence-corrected chi connectivity index (χ3v) is 3.64. The van der Waals surface area contributed by atoms with Crippen LogP contribution in [0.25, 0.3) is 0 Å². The maximum absolute atomic E-state index is 12.3. The second kappa shape index (κ2) is 7.42. The lowest BCUT2D eigenvalue weighted by Gasteiger charge is -2.21. The third-order valence-electron chi connectivity index (χ3n) is 3.64. The molecule has 0 atom stereocenters. The number of rotatable bonds is 4. The summed E-state index contributed by atoms with van der Waals surface area (Å²) in [6.45, 7) is 5.14. The van der Waals surface area contributed by atoms with Gasteiger partial charge in [-0.25, -0.2) is 0 Å². The minimum absolute atomic E-state index is 0.113. The topological polar surface area (TPSA) is 73.2 Å². The molecule has 0 radical (unpaired) electrons. The van der Waals surface area contributed by atoms with Crippen LogP contribution in [0.2, 0.25) is 0 Å². The van der Waals surface area contributed by atoms with Gasteiger partial charge < -0.3 is 10.2 Å². The van der Waals surface area contributed by atoms with E-state index in [1.807, 2.05) is 38.1 Å². The highest BCUT2D eigenvalue weighted by Gasteiger charge is 2.16. The first-order valence-corrected chi connectivity index (χ1v) is 7.56. The van der Waals surface area contributed by atoms with E-state index in [-0.39, 0.29) is 18.4 Å². The van der Waals surface area contributed by atoms with E-state index in [1.165, 1.54) is 11.8 Å². The Hall–Kier alpha value is -3.13. The number of nitriles is 1. The molecular formula is C19H19N3O2. The van der Waals surface area contributed by atoms with Crippen molar-refractivity contribution >= 4 is 23.2 Å². The predicted molar refractivity (Wildman–Crippen MR) is 93.7 cm³/mol. The number of anilines is 2. The van der Waals surface area contributed by atoms with Gasteiger partial charge in [0.1, 0.15) is 6.54 Å². The first kappa shape index (κ1) is 17.2. The van der Waals surface area contributed by atoms with Gasteiger partial charge in [0.05, 0.1) is 11.6 Å². The second-order valence-electron chi connectivity index (χ2n) is 5.63. The zero-order valence-electron chi connectivity index (χ0n) is 14.0. The number of benzene rings is 2. The average Bonchev–Trinajstić information content (AvgIpc) is 2.55. The SMILES string of the molecule is CC(=O)N(CC(=O)Nc1cc(C)ccc1C)c1cccc(C#N)c1. The van der Waals surface area contributed by atoms with E-state index >= 15 is 0 Å². The maximum atomic E-state index is 12.3. The van der Waals surface area contributed by atoms with Crippen LogP contribution in [0, 0.1) is 25.2 Å². The molecule has 0 aromatic heterocycles. The van der Waals surface area contributed by atoms with Crippen LogP contribution in [0.15, 0.2) is 42.5 Å². The van der Waals surface area contributed by atoms with Gasteiger partial charge in [-0.3, -0.25) is 9.59 Å². The lowest BCUT2D eigenvalue weighted by Crippen LogP contribution is -2.36. The molecule has 0 spiro atoms.